The Balaban J connectivity index is 3.04. The van der Waals surface area contributed by atoms with Gasteiger partial charge in [0.2, 0.25) is 0 Å². The van der Waals surface area contributed by atoms with E-state index in [-0.39, 0.29) is 8.81 Å². The summed E-state index contributed by atoms with van der Waals surface area (Å²) in [6.45, 7) is 0. The molecule has 0 heterocycles. The van der Waals surface area contributed by atoms with Gasteiger partial charge in [-0.05, 0) is 23.2 Å². The second kappa shape index (κ2) is 4.68. The Morgan fingerprint density at radius 2 is 2.08 bits per heavy atom. The summed E-state index contributed by atoms with van der Waals surface area (Å²) < 4.78 is 21.0. The van der Waals surface area contributed by atoms with Crippen molar-refractivity contribution in [3.63, 3.8) is 0 Å². The molecule has 1 rings (SSSR count). The Labute approximate surface area is 91.1 Å². The van der Waals surface area contributed by atoms with E-state index < -0.39 is 11.1 Å². The summed E-state index contributed by atoms with van der Waals surface area (Å²) >= 11 is -0.790. The molecule has 4 nitrogen and oxygen atoms in total. The number of para-hydroxylation sites is 1. The molecule has 70 valence electrons. The third-order valence-corrected chi connectivity index (χ3v) is 2.28. The molecule has 0 saturated heterocycles. The van der Waals surface area contributed by atoms with Crippen LogP contribution in [0.3, 0.4) is 0 Å². The molecule has 0 fully saturated rings. The fourth-order valence-corrected chi connectivity index (χ4v) is 1.60. The number of carbonyl (C=O) groups excluding carboxylic acids is 1. The lowest BCUT2D eigenvalue weighted by Gasteiger charge is -2.10. The molecule has 0 bridgehead atoms. The van der Waals surface area contributed by atoms with Crippen molar-refractivity contribution in [2.45, 2.75) is 4.90 Å². The van der Waals surface area contributed by atoms with Gasteiger partial charge >= 0.3 is 0 Å². The molecule has 1 amide bonds. The lowest BCUT2D eigenvalue weighted by molar-refractivity contribution is 0.271. The second-order valence-electron chi connectivity index (χ2n) is 2.13. The van der Waals surface area contributed by atoms with Gasteiger partial charge in [-0.3, -0.25) is 9.00 Å². The van der Waals surface area contributed by atoms with Gasteiger partial charge in [-0.25, -0.2) is 0 Å². The van der Waals surface area contributed by atoms with Crippen LogP contribution < -0.4 is 5.32 Å². The Hall–Kier alpha value is -0.470. The minimum absolute atomic E-state index is 0.0903. The molecule has 1 aromatic rings. The molecule has 0 aliphatic heterocycles. The number of rotatable bonds is 2. The average molecular weight is 310 g/mol. The third-order valence-electron chi connectivity index (χ3n) is 1.30. The summed E-state index contributed by atoms with van der Waals surface area (Å²) in [5.41, 5.74) is 0.301. The smallest absolute Gasteiger partial charge is 0.285 e. The fourth-order valence-electron chi connectivity index (χ4n) is 0.821. The van der Waals surface area contributed by atoms with Gasteiger partial charge in [-0.15, -0.1) is 0 Å². The molecule has 1 atom stereocenters. The molecule has 0 saturated carbocycles. The lowest BCUT2D eigenvalue weighted by Crippen LogP contribution is -2.04. The molecule has 13 heavy (non-hydrogen) atoms. The summed E-state index contributed by atoms with van der Waals surface area (Å²) in [5.74, 6) is 0. The summed E-state index contributed by atoms with van der Waals surface area (Å²) in [4.78, 5) is 10.8. The van der Waals surface area contributed by atoms with Crippen LogP contribution in [0.25, 0.3) is 0 Å². The molecule has 0 aliphatic rings. The summed E-state index contributed by atoms with van der Waals surface area (Å²) in [6.07, 6.45) is 0. The van der Waals surface area contributed by atoms with E-state index in [1.807, 2.05) is 0 Å². The number of halogens is 1. The Bertz CT molecular complexity index is 355. The van der Waals surface area contributed by atoms with Crippen molar-refractivity contribution in [2.24, 2.45) is 0 Å². The van der Waals surface area contributed by atoms with Crippen molar-refractivity contribution in [1.82, 2.24) is 0 Å². The molecule has 6 heteroatoms. The van der Waals surface area contributed by atoms with E-state index >= 15 is 0 Å². The number of anilines is 1. The highest BCUT2D eigenvalue weighted by Crippen LogP contribution is 2.18. The van der Waals surface area contributed by atoms with Crippen LogP contribution in [0.4, 0.5) is 10.5 Å². The number of amides is 1. The molecular formula is C7H5INO3S-. The van der Waals surface area contributed by atoms with Gasteiger partial charge in [-0.2, -0.15) is 0 Å². The zero-order chi connectivity index (χ0) is 9.84. The molecular weight excluding hydrogens is 305 g/mol. The first-order chi connectivity index (χ1) is 6.11. The molecule has 0 aliphatic carbocycles. The summed E-state index contributed by atoms with van der Waals surface area (Å²) in [5, 5.41) is 2.41. The SMILES string of the molecule is O=C(I)Nc1ccccc1S(=O)[O-]. The largest absolute Gasteiger partial charge is 0.768 e. The van der Waals surface area contributed by atoms with Gasteiger partial charge in [0.05, 0.1) is 5.69 Å². The minimum atomic E-state index is -2.32. The number of hydrogen-bond acceptors (Lipinski definition) is 3. The maximum Gasteiger partial charge on any atom is 0.285 e. The van der Waals surface area contributed by atoms with Gasteiger partial charge in [0.15, 0.2) is 0 Å². The van der Waals surface area contributed by atoms with Crippen LogP contribution in [-0.4, -0.2) is 12.7 Å². The molecule has 1 unspecified atom stereocenters. The van der Waals surface area contributed by atoms with Crippen LogP contribution in [0.15, 0.2) is 29.2 Å². The number of benzene rings is 1. The highest BCUT2D eigenvalue weighted by Gasteiger charge is 2.03. The quantitative estimate of drug-likeness (QED) is 0.392. The van der Waals surface area contributed by atoms with Crippen molar-refractivity contribution in [2.75, 3.05) is 5.32 Å². The Morgan fingerprint density at radius 3 is 2.62 bits per heavy atom. The predicted molar refractivity (Wildman–Crippen MR) is 56.7 cm³/mol. The number of nitrogens with one attached hydrogen (secondary N) is 1. The Morgan fingerprint density at radius 1 is 1.46 bits per heavy atom. The van der Waals surface area contributed by atoms with E-state index in [4.69, 9.17) is 0 Å². The van der Waals surface area contributed by atoms with Gasteiger partial charge < -0.3 is 9.87 Å². The molecule has 0 radical (unpaired) electrons. The van der Waals surface area contributed by atoms with Crippen molar-refractivity contribution in [3.8, 4) is 0 Å². The van der Waals surface area contributed by atoms with E-state index in [0.717, 1.165) is 0 Å². The van der Waals surface area contributed by atoms with Crippen LogP contribution in [0, 0.1) is 0 Å². The van der Waals surface area contributed by atoms with Crippen LogP contribution in [0.1, 0.15) is 0 Å². The van der Waals surface area contributed by atoms with Crippen LogP contribution >= 0.6 is 22.6 Å². The van der Waals surface area contributed by atoms with E-state index in [1.165, 1.54) is 34.7 Å². The zero-order valence-corrected chi connectivity index (χ0v) is 9.29. The zero-order valence-electron chi connectivity index (χ0n) is 6.32. The van der Waals surface area contributed by atoms with Crippen molar-refractivity contribution >= 4 is 43.3 Å². The fraction of sp³-hybridized carbons (Fsp3) is 0. The first kappa shape index (κ1) is 10.6. The van der Waals surface area contributed by atoms with Gasteiger partial charge in [0.1, 0.15) is 0 Å². The highest BCUT2D eigenvalue weighted by molar-refractivity contribution is 14.1. The molecule has 1 aromatic carbocycles. The van der Waals surface area contributed by atoms with Crippen LogP contribution in [-0.2, 0) is 11.1 Å². The van der Waals surface area contributed by atoms with Crippen LogP contribution in [0.5, 0.6) is 0 Å². The molecule has 0 aromatic heterocycles. The van der Waals surface area contributed by atoms with Gasteiger partial charge in [-0.1, -0.05) is 12.1 Å². The summed E-state index contributed by atoms with van der Waals surface area (Å²) in [7, 11) is 0. The van der Waals surface area contributed by atoms with Crippen molar-refractivity contribution in [1.29, 1.82) is 0 Å². The summed E-state index contributed by atoms with van der Waals surface area (Å²) in [6, 6.07) is 6.19. The Kier molecular flexibility index (Phi) is 3.82. The van der Waals surface area contributed by atoms with E-state index in [0.29, 0.717) is 5.69 Å². The highest BCUT2D eigenvalue weighted by atomic mass is 127. The maximum absolute atomic E-state index is 10.7. The molecule has 0 spiro atoms. The monoisotopic (exact) mass is 310 g/mol. The van der Waals surface area contributed by atoms with Crippen molar-refractivity contribution in [3.05, 3.63) is 24.3 Å². The topological polar surface area (TPSA) is 69.2 Å². The first-order valence-corrected chi connectivity index (χ1v) is 5.41. The number of carbonyl (C=O) groups is 1. The molecule has 1 N–H and O–H groups in total. The average Bonchev–Trinajstić information content (AvgIpc) is 2.03. The predicted octanol–water partition coefficient (Wildman–Crippen LogP) is 1.89. The van der Waals surface area contributed by atoms with E-state index in [9.17, 15) is 13.6 Å². The van der Waals surface area contributed by atoms with E-state index in [2.05, 4.69) is 5.32 Å². The lowest BCUT2D eigenvalue weighted by atomic mass is 10.3. The first-order valence-electron chi connectivity index (χ1n) is 3.26. The van der Waals surface area contributed by atoms with Gasteiger partial charge in [0, 0.05) is 27.5 Å². The second-order valence-corrected chi connectivity index (χ2v) is 4.02. The van der Waals surface area contributed by atoms with Gasteiger partial charge in [0.25, 0.3) is 3.91 Å². The van der Waals surface area contributed by atoms with E-state index in [1.54, 1.807) is 12.1 Å². The third kappa shape index (κ3) is 3.05. The number of hydrogen-bond donors (Lipinski definition) is 1. The normalized spacial score (nSPS) is 12.2. The maximum atomic E-state index is 10.7. The van der Waals surface area contributed by atoms with Crippen molar-refractivity contribution < 1.29 is 13.6 Å². The van der Waals surface area contributed by atoms with Crippen LogP contribution in [0.2, 0.25) is 0 Å². The standard InChI is InChI=1S/C7H6INO3S/c8-7(10)9-5-3-1-2-4-6(5)13(11)12/h1-4H,(H,9,10)(H,11,12)/p-1. The minimum Gasteiger partial charge on any atom is -0.768 e.